The third kappa shape index (κ3) is 3.84. The summed E-state index contributed by atoms with van der Waals surface area (Å²) in [4.78, 5) is 25.1. The zero-order valence-corrected chi connectivity index (χ0v) is 14.1. The van der Waals surface area contributed by atoms with Gasteiger partial charge in [-0.25, -0.2) is 0 Å². The van der Waals surface area contributed by atoms with Gasteiger partial charge in [0.15, 0.2) is 0 Å². The van der Waals surface area contributed by atoms with E-state index >= 15 is 0 Å². The molecular weight excluding hydrogens is 322 g/mol. The first-order valence-corrected chi connectivity index (χ1v) is 8.35. The van der Waals surface area contributed by atoms with Gasteiger partial charge < -0.3 is 10.4 Å². The maximum Gasteiger partial charge on any atom is 0.308 e. The lowest BCUT2D eigenvalue weighted by Gasteiger charge is -2.39. The predicted molar refractivity (Wildman–Crippen MR) is 89.4 cm³/mol. The van der Waals surface area contributed by atoms with Gasteiger partial charge in [0.1, 0.15) is 6.54 Å². The molecule has 1 saturated carbocycles. The van der Waals surface area contributed by atoms with Crippen LogP contribution in [0, 0.1) is 5.92 Å². The molecule has 1 aliphatic carbocycles. The smallest absolute Gasteiger partial charge is 0.308 e. The first-order valence-electron chi connectivity index (χ1n) is 8.35. The molecule has 1 fully saturated rings. The number of hydrogen-bond acceptors (Lipinski definition) is 5. The van der Waals surface area contributed by atoms with E-state index in [1.54, 1.807) is 6.92 Å². The Balaban J connectivity index is 1.66. The molecule has 8 heteroatoms. The van der Waals surface area contributed by atoms with E-state index < -0.39 is 17.4 Å². The Kier molecular flexibility index (Phi) is 4.78. The molecular formula is C17H21N5O3. The molecule has 1 aliphatic rings. The molecule has 1 heterocycles. The van der Waals surface area contributed by atoms with E-state index in [0.717, 1.165) is 18.4 Å². The number of nitrogens with zero attached hydrogens (tertiary/aromatic N) is 4. The highest BCUT2D eigenvalue weighted by atomic mass is 16.4. The van der Waals surface area contributed by atoms with Crippen LogP contribution < -0.4 is 5.32 Å². The van der Waals surface area contributed by atoms with E-state index in [-0.39, 0.29) is 12.5 Å². The van der Waals surface area contributed by atoms with Crippen molar-refractivity contribution in [2.45, 2.75) is 44.7 Å². The van der Waals surface area contributed by atoms with E-state index in [1.165, 1.54) is 4.80 Å². The number of carbonyl (C=O) groups is 2. The highest BCUT2D eigenvalue weighted by Gasteiger charge is 2.42. The normalized spacial score (nSPS) is 23.2. The van der Waals surface area contributed by atoms with Crippen LogP contribution in [0.15, 0.2) is 30.3 Å². The largest absolute Gasteiger partial charge is 0.481 e. The lowest BCUT2D eigenvalue weighted by atomic mass is 9.74. The Morgan fingerprint density at radius 3 is 2.80 bits per heavy atom. The predicted octanol–water partition coefficient (Wildman–Crippen LogP) is 1.49. The number of amides is 1. The summed E-state index contributed by atoms with van der Waals surface area (Å²) in [6.07, 6.45) is 3.00. The van der Waals surface area contributed by atoms with Crippen molar-refractivity contribution in [3.05, 3.63) is 30.3 Å². The van der Waals surface area contributed by atoms with Gasteiger partial charge in [0, 0.05) is 5.56 Å². The average Bonchev–Trinajstić information content (AvgIpc) is 3.03. The minimum atomic E-state index is -0.868. The second-order valence-corrected chi connectivity index (χ2v) is 6.61. The summed E-state index contributed by atoms with van der Waals surface area (Å²) in [5.41, 5.74) is 0.0728. The fourth-order valence-electron chi connectivity index (χ4n) is 3.38. The number of carboxylic acids is 1. The Morgan fingerprint density at radius 1 is 1.32 bits per heavy atom. The Morgan fingerprint density at radius 2 is 2.08 bits per heavy atom. The molecule has 1 aromatic heterocycles. The van der Waals surface area contributed by atoms with Crippen LogP contribution >= 0.6 is 0 Å². The van der Waals surface area contributed by atoms with Crippen LogP contribution in [0.3, 0.4) is 0 Å². The standard InChI is InChI=1S/C17H21N5O3/c1-17(10-6-5-9-13(17)16(24)25)18-14(23)11-22-20-15(19-21-22)12-7-3-2-4-8-12/h2-4,7-8,13H,5-6,9-11H2,1H3,(H,18,23)(H,24,25). The fourth-order valence-corrected chi connectivity index (χ4v) is 3.38. The van der Waals surface area contributed by atoms with E-state index in [1.807, 2.05) is 30.3 Å². The van der Waals surface area contributed by atoms with Crippen LogP contribution in [-0.4, -0.2) is 42.7 Å². The number of nitrogens with one attached hydrogen (secondary N) is 1. The monoisotopic (exact) mass is 343 g/mol. The van der Waals surface area contributed by atoms with E-state index in [9.17, 15) is 14.7 Å². The minimum absolute atomic E-state index is 0.0955. The van der Waals surface area contributed by atoms with Crippen molar-refractivity contribution in [3.8, 4) is 11.4 Å². The Bertz CT molecular complexity index is 761. The number of tetrazole rings is 1. The zero-order chi connectivity index (χ0) is 17.9. The SMILES string of the molecule is CC1(NC(=O)Cn2nnc(-c3ccccc3)n2)CCCCC1C(=O)O. The molecule has 0 bridgehead atoms. The molecule has 2 atom stereocenters. The van der Waals surface area contributed by atoms with Crippen LogP contribution in [-0.2, 0) is 16.1 Å². The molecule has 0 spiro atoms. The van der Waals surface area contributed by atoms with Crippen molar-refractivity contribution in [2.24, 2.45) is 5.92 Å². The summed E-state index contributed by atoms with van der Waals surface area (Å²) in [6.45, 7) is 1.70. The van der Waals surface area contributed by atoms with Gasteiger partial charge in [-0.05, 0) is 25.0 Å². The van der Waals surface area contributed by atoms with Crippen molar-refractivity contribution in [3.63, 3.8) is 0 Å². The van der Waals surface area contributed by atoms with E-state index in [0.29, 0.717) is 18.7 Å². The second kappa shape index (κ2) is 7.00. The van der Waals surface area contributed by atoms with Crippen molar-refractivity contribution in [2.75, 3.05) is 0 Å². The molecule has 1 aromatic carbocycles. The second-order valence-electron chi connectivity index (χ2n) is 6.61. The zero-order valence-electron chi connectivity index (χ0n) is 14.1. The molecule has 8 nitrogen and oxygen atoms in total. The average molecular weight is 343 g/mol. The molecule has 0 aliphatic heterocycles. The molecule has 2 unspecified atom stereocenters. The summed E-state index contributed by atoms with van der Waals surface area (Å²) < 4.78 is 0. The summed E-state index contributed by atoms with van der Waals surface area (Å²) >= 11 is 0. The van der Waals surface area contributed by atoms with Crippen molar-refractivity contribution in [1.82, 2.24) is 25.5 Å². The maximum atomic E-state index is 12.4. The third-order valence-electron chi connectivity index (χ3n) is 4.70. The summed E-state index contributed by atoms with van der Waals surface area (Å²) in [5.74, 6) is -1.31. The van der Waals surface area contributed by atoms with Crippen LogP contribution in [0.5, 0.6) is 0 Å². The van der Waals surface area contributed by atoms with Gasteiger partial charge >= 0.3 is 5.97 Å². The minimum Gasteiger partial charge on any atom is -0.481 e. The Hall–Kier alpha value is -2.77. The lowest BCUT2D eigenvalue weighted by molar-refractivity contribution is -0.146. The molecule has 1 amide bonds. The summed E-state index contributed by atoms with van der Waals surface area (Å²) in [7, 11) is 0. The molecule has 0 saturated heterocycles. The number of carboxylic acid groups (broad SMARTS) is 1. The third-order valence-corrected chi connectivity index (χ3v) is 4.70. The number of benzene rings is 1. The highest BCUT2D eigenvalue weighted by Crippen LogP contribution is 2.33. The number of aromatic nitrogens is 4. The maximum absolute atomic E-state index is 12.4. The van der Waals surface area contributed by atoms with Gasteiger partial charge in [0.05, 0.1) is 11.5 Å². The van der Waals surface area contributed by atoms with Crippen LogP contribution in [0.1, 0.15) is 32.6 Å². The molecule has 3 rings (SSSR count). The lowest BCUT2D eigenvalue weighted by Crippen LogP contribution is -2.56. The van der Waals surface area contributed by atoms with Gasteiger partial charge in [-0.2, -0.15) is 4.80 Å². The van der Waals surface area contributed by atoms with Crippen LogP contribution in [0.2, 0.25) is 0 Å². The summed E-state index contributed by atoms with van der Waals surface area (Å²) in [5, 5.41) is 24.4. The van der Waals surface area contributed by atoms with E-state index in [4.69, 9.17) is 0 Å². The van der Waals surface area contributed by atoms with Gasteiger partial charge in [-0.1, -0.05) is 43.2 Å². The molecule has 2 aromatic rings. The van der Waals surface area contributed by atoms with Gasteiger partial charge in [-0.3, -0.25) is 9.59 Å². The Labute approximate surface area is 145 Å². The van der Waals surface area contributed by atoms with Gasteiger partial charge in [-0.15, -0.1) is 10.2 Å². The van der Waals surface area contributed by atoms with Crippen LogP contribution in [0.25, 0.3) is 11.4 Å². The van der Waals surface area contributed by atoms with Crippen LogP contribution in [0.4, 0.5) is 0 Å². The topological polar surface area (TPSA) is 110 Å². The summed E-state index contributed by atoms with van der Waals surface area (Å²) in [6, 6.07) is 9.37. The number of hydrogen-bond donors (Lipinski definition) is 2. The van der Waals surface area contributed by atoms with E-state index in [2.05, 4.69) is 20.7 Å². The van der Waals surface area contributed by atoms with Crippen molar-refractivity contribution < 1.29 is 14.7 Å². The van der Waals surface area contributed by atoms with Gasteiger partial charge in [0.2, 0.25) is 11.7 Å². The quantitative estimate of drug-likeness (QED) is 0.851. The highest BCUT2D eigenvalue weighted by molar-refractivity contribution is 5.79. The number of carbonyl (C=O) groups excluding carboxylic acids is 1. The molecule has 0 radical (unpaired) electrons. The number of rotatable bonds is 5. The first-order chi connectivity index (χ1) is 12.0. The van der Waals surface area contributed by atoms with Crippen molar-refractivity contribution >= 4 is 11.9 Å². The molecule has 132 valence electrons. The van der Waals surface area contributed by atoms with Crippen molar-refractivity contribution in [1.29, 1.82) is 0 Å². The molecule has 2 N–H and O–H groups in total. The van der Waals surface area contributed by atoms with Gasteiger partial charge in [0.25, 0.3) is 0 Å². The fraction of sp³-hybridized carbons (Fsp3) is 0.471. The number of aliphatic carboxylic acids is 1. The first kappa shape index (κ1) is 17.1. The molecule has 25 heavy (non-hydrogen) atoms.